The Bertz CT molecular complexity index is 1110. The molecule has 1 aliphatic rings. The molecule has 0 amide bonds. The van der Waals surface area contributed by atoms with Gasteiger partial charge < -0.3 is 20.3 Å². The number of hydrogen-bond donors (Lipinski definition) is 1. The van der Waals surface area contributed by atoms with Crippen molar-refractivity contribution in [1.29, 1.82) is 0 Å². The summed E-state index contributed by atoms with van der Waals surface area (Å²) >= 11 is 0. The molecule has 9 heteroatoms. The molecule has 1 fully saturated rings. The second-order valence-corrected chi connectivity index (χ2v) is 9.92. The molecule has 3 aromatic heterocycles. The lowest BCUT2D eigenvalue weighted by atomic mass is 10.0. The fourth-order valence-electron chi connectivity index (χ4n) is 5.01. The summed E-state index contributed by atoms with van der Waals surface area (Å²) in [5.41, 5.74) is 10.0. The molecule has 0 bridgehead atoms. The van der Waals surface area contributed by atoms with Gasteiger partial charge in [0.2, 0.25) is 0 Å². The van der Waals surface area contributed by atoms with Crippen molar-refractivity contribution in [3.8, 4) is 6.01 Å². The minimum atomic E-state index is 0.0935. The molecule has 0 aliphatic carbocycles. The van der Waals surface area contributed by atoms with Crippen LogP contribution in [0.25, 0.3) is 5.65 Å². The van der Waals surface area contributed by atoms with E-state index < -0.39 is 0 Å². The van der Waals surface area contributed by atoms with Gasteiger partial charge in [0, 0.05) is 31.7 Å². The Morgan fingerprint density at radius 2 is 1.83 bits per heavy atom. The lowest BCUT2D eigenvalue weighted by molar-refractivity contribution is 0.161. The van der Waals surface area contributed by atoms with Gasteiger partial charge in [-0.2, -0.15) is 4.98 Å². The summed E-state index contributed by atoms with van der Waals surface area (Å²) in [6.07, 6.45) is 10.9. The highest BCUT2D eigenvalue weighted by molar-refractivity contribution is 5.60. The van der Waals surface area contributed by atoms with Gasteiger partial charge in [0.05, 0.1) is 11.9 Å². The predicted octanol–water partition coefficient (Wildman–Crippen LogP) is 3.88. The fourth-order valence-corrected chi connectivity index (χ4v) is 5.01. The highest BCUT2D eigenvalue weighted by atomic mass is 16.5. The van der Waals surface area contributed by atoms with Crippen molar-refractivity contribution in [2.24, 2.45) is 0 Å². The zero-order chi connectivity index (χ0) is 24.9. The number of aromatic nitrogens is 5. The highest BCUT2D eigenvalue weighted by Crippen LogP contribution is 2.25. The van der Waals surface area contributed by atoms with Gasteiger partial charge in [0.25, 0.3) is 0 Å². The molecule has 4 rings (SSSR count). The monoisotopic (exact) mass is 480 g/mol. The molecule has 35 heavy (non-hydrogen) atoms. The zero-order valence-electron chi connectivity index (χ0n) is 21.9. The first-order chi connectivity index (χ1) is 16.9. The summed E-state index contributed by atoms with van der Waals surface area (Å²) in [7, 11) is 4.34. The number of piperidine rings is 1. The van der Waals surface area contributed by atoms with Crippen LogP contribution in [0.5, 0.6) is 6.01 Å². The lowest BCUT2D eigenvalue weighted by Gasteiger charge is -2.36. The van der Waals surface area contributed by atoms with E-state index in [1.807, 2.05) is 12.4 Å². The normalized spacial score (nSPS) is 15.0. The quantitative estimate of drug-likeness (QED) is 0.467. The average Bonchev–Trinajstić information content (AvgIpc) is 3.23. The SMILES string of the molecule is CCCC(CCC)Oc1nc(N)c2ncc(Cc3cnc(N4CCC(N(C)C)CC4)c(C)c3)n2n1. The average molecular weight is 481 g/mol. The van der Waals surface area contributed by atoms with Crippen molar-refractivity contribution in [3.63, 3.8) is 0 Å². The molecule has 0 atom stereocenters. The van der Waals surface area contributed by atoms with Crippen molar-refractivity contribution < 1.29 is 4.74 Å². The topological polar surface area (TPSA) is 97.7 Å². The zero-order valence-corrected chi connectivity index (χ0v) is 21.9. The molecule has 0 radical (unpaired) electrons. The third-order valence-corrected chi connectivity index (χ3v) is 6.92. The molecule has 2 N–H and O–H groups in total. The van der Waals surface area contributed by atoms with Crippen LogP contribution in [-0.2, 0) is 6.42 Å². The third kappa shape index (κ3) is 5.83. The van der Waals surface area contributed by atoms with E-state index in [0.717, 1.165) is 55.8 Å². The lowest BCUT2D eigenvalue weighted by Crippen LogP contribution is -2.42. The molecule has 9 nitrogen and oxygen atoms in total. The third-order valence-electron chi connectivity index (χ3n) is 6.92. The number of fused-ring (bicyclic) bond motifs is 1. The maximum Gasteiger partial charge on any atom is 0.336 e. The maximum atomic E-state index is 6.21. The van der Waals surface area contributed by atoms with Crippen molar-refractivity contribution in [2.45, 2.75) is 77.9 Å². The number of pyridine rings is 1. The summed E-state index contributed by atoms with van der Waals surface area (Å²) in [6, 6.07) is 3.19. The summed E-state index contributed by atoms with van der Waals surface area (Å²) in [6.45, 7) is 8.54. The number of nitrogens with zero attached hydrogens (tertiary/aromatic N) is 7. The number of aryl methyl sites for hydroxylation is 1. The van der Waals surface area contributed by atoms with Gasteiger partial charge in [-0.05, 0) is 57.8 Å². The molecule has 3 aromatic rings. The van der Waals surface area contributed by atoms with Crippen molar-refractivity contribution in [3.05, 3.63) is 35.3 Å². The molecule has 0 saturated carbocycles. The fraction of sp³-hybridized carbons (Fsp3) is 0.615. The Labute approximate surface area is 208 Å². The summed E-state index contributed by atoms with van der Waals surface area (Å²) in [4.78, 5) is 18.4. The number of imidazole rings is 1. The van der Waals surface area contributed by atoms with Crippen molar-refractivity contribution in [2.75, 3.05) is 37.8 Å². The Morgan fingerprint density at radius 1 is 1.11 bits per heavy atom. The first-order valence-corrected chi connectivity index (χ1v) is 12.9. The second kappa shape index (κ2) is 11.2. The van der Waals surface area contributed by atoms with Crippen molar-refractivity contribution >= 4 is 17.3 Å². The van der Waals surface area contributed by atoms with Gasteiger partial charge in [0.1, 0.15) is 11.9 Å². The van der Waals surface area contributed by atoms with Gasteiger partial charge in [0.15, 0.2) is 11.5 Å². The smallest absolute Gasteiger partial charge is 0.336 e. The molecule has 0 aromatic carbocycles. The van der Waals surface area contributed by atoms with Gasteiger partial charge in [-0.3, -0.25) is 0 Å². The summed E-state index contributed by atoms with van der Waals surface area (Å²) < 4.78 is 7.88. The number of ether oxygens (including phenoxy) is 1. The van der Waals surface area contributed by atoms with Crippen LogP contribution < -0.4 is 15.4 Å². The number of hydrogen-bond acceptors (Lipinski definition) is 8. The first-order valence-electron chi connectivity index (χ1n) is 12.9. The van der Waals surface area contributed by atoms with Gasteiger partial charge in [-0.15, -0.1) is 5.10 Å². The minimum absolute atomic E-state index is 0.0935. The van der Waals surface area contributed by atoms with E-state index in [9.17, 15) is 0 Å². The number of nitrogen functional groups attached to an aromatic ring is 1. The van der Waals surface area contributed by atoms with E-state index in [-0.39, 0.29) is 6.10 Å². The van der Waals surface area contributed by atoms with Crippen LogP contribution in [0.2, 0.25) is 0 Å². The molecular formula is C26H40N8O. The summed E-state index contributed by atoms with van der Waals surface area (Å²) in [5, 5.41) is 4.64. The van der Waals surface area contributed by atoms with E-state index >= 15 is 0 Å². The first kappa shape index (κ1) is 25.2. The number of nitrogens with two attached hydrogens (primary N) is 1. The van der Waals surface area contributed by atoms with E-state index in [1.54, 1.807) is 4.52 Å². The number of anilines is 2. The van der Waals surface area contributed by atoms with E-state index in [4.69, 9.17) is 15.5 Å². The van der Waals surface area contributed by atoms with Crippen LogP contribution in [0, 0.1) is 6.92 Å². The van der Waals surface area contributed by atoms with Crippen molar-refractivity contribution in [1.82, 2.24) is 29.5 Å². The summed E-state index contributed by atoms with van der Waals surface area (Å²) in [5.74, 6) is 1.42. The number of rotatable bonds is 10. The molecule has 1 saturated heterocycles. The van der Waals surface area contributed by atoms with E-state index in [2.05, 4.69) is 65.8 Å². The van der Waals surface area contributed by atoms with Crippen LogP contribution >= 0.6 is 0 Å². The molecule has 0 unspecified atom stereocenters. The van der Waals surface area contributed by atoms with E-state index in [0.29, 0.717) is 29.9 Å². The van der Waals surface area contributed by atoms with E-state index in [1.165, 1.54) is 18.4 Å². The minimum Gasteiger partial charge on any atom is -0.459 e. The molecule has 1 aliphatic heterocycles. The van der Waals surface area contributed by atoms with Crippen LogP contribution in [-0.4, -0.2) is 68.8 Å². The van der Waals surface area contributed by atoms with Crippen LogP contribution in [0.3, 0.4) is 0 Å². The van der Waals surface area contributed by atoms with Gasteiger partial charge >= 0.3 is 6.01 Å². The largest absolute Gasteiger partial charge is 0.459 e. The molecule has 4 heterocycles. The Hall–Kier alpha value is -2.94. The molecule has 190 valence electrons. The predicted molar refractivity (Wildman–Crippen MR) is 140 cm³/mol. The Balaban J connectivity index is 1.51. The highest BCUT2D eigenvalue weighted by Gasteiger charge is 2.23. The molecule has 0 spiro atoms. The molecular weight excluding hydrogens is 440 g/mol. The van der Waals surface area contributed by atoms with Gasteiger partial charge in [-0.1, -0.05) is 32.8 Å². The van der Waals surface area contributed by atoms with Crippen LogP contribution in [0.4, 0.5) is 11.6 Å². The van der Waals surface area contributed by atoms with Crippen LogP contribution in [0.15, 0.2) is 18.5 Å². The standard InChI is InChI=1S/C26H40N8O/c1-6-8-22(9-7-2)35-26-30-23(27)25-29-17-21(34(25)31-26)15-19-14-18(3)24(28-16-19)33-12-10-20(11-13-33)32(4)5/h14,16-17,20,22H,6-13,15H2,1-5H3,(H2,27,30,31). The second-order valence-electron chi connectivity index (χ2n) is 9.92. The Morgan fingerprint density at radius 3 is 2.46 bits per heavy atom. The Kier molecular flexibility index (Phi) is 8.05. The maximum absolute atomic E-state index is 6.21. The van der Waals surface area contributed by atoms with Crippen LogP contribution in [0.1, 0.15) is 69.2 Å². The van der Waals surface area contributed by atoms with Gasteiger partial charge in [-0.25, -0.2) is 14.5 Å².